The Bertz CT molecular complexity index is 520. The predicted octanol–water partition coefficient (Wildman–Crippen LogP) is 1.05. The van der Waals surface area contributed by atoms with Crippen molar-refractivity contribution in [2.24, 2.45) is 0 Å². The molecule has 176 valence electrons. The summed E-state index contributed by atoms with van der Waals surface area (Å²) < 4.78 is 60.0. The van der Waals surface area contributed by atoms with Gasteiger partial charge < -0.3 is 47.4 Å². The molecule has 0 radical (unpaired) electrons. The van der Waals surface area contributed by atoms with Crippen molar-refractivity contribution in [2.45, 2.75) is 87.5 Å². The third kappa shape index (κ3) is 3.24. The summed E-state index contributed by atoms with van der Waals surface area (Å²) in [4.78, 5) is 0. The van der Waals surface area contributed by atoms with Gasteiger partial charge in [-0.15, -0.1) is 0 Å². The van der Waals surface area contributed by atoms with Crippen LogP contribution in [0.25, 0.3) is 0 Å². The SMILES string of the molecule is COC1[C@H]2O[C@](C)(OC)[C@@](C)(OC)O[C@@H]2C(OC)[C@@H]2O[C@@](C)(OC)[C@](C)(OC)O[C@@H]12. The van der Waals surface area contributed by atoms with Gasteiger partial charge in [0.05, 0.1) is 0 Å². The zero-order valence-electron chi connectivity index (χ0n) is 19.5. The molecule has 0 spiro atoms. The van der Waals surface area contributed by atoms with E-state index >= 15 is 0 Å². The van der Waals surface area contributed by atoms with Gasteiger partial charge in [-0.25, -0.2) is 0 Å². The summed E-state index contributed by atoms with van der Waals surface area (Å²) in [6, 6.07) is 0. The Morgan fingerprint density at radius 3 is 0.767 bits per heavy atom. The van der Waals surface area contributed by atoms with Gasteiger partial charge in [0, 0.05) is 42.7 Å². The van der Waals surface area contributed by atoms with E-state index in [4.69, 9.17) is 47.4 Å². The number of hydrogen-bond donors (Lipinski definition) is 0. The Labute approximate surface area is 178 Å². The fourth-order valence-electron chi connectivity index (χ4n) is 4.60. The van der Waals surface area contributed by atoms with Gasteiger partial charge >= 0.3 is 0 Å². The number of methoxy groups -OCH3 is 6. The van der Waals surface area contributed by atoms with Crippen LogP contribution in [0, 0.1) is 0 Å². The molecule has 2 aliphatic heterocycles. The van der Waals surface area contributed by atoms with Crippen molar-refractivity contribution in [1.82, 2.24) is 0 Å². The Hall–Kier alpha value is -0.400. The summed E-state index contributed by atoms with van der Waals surface area (Å²) in [7, 11) is 9.31. The molecule has 1 saturated carbocycles. The molecule has 0 aromatic rings. The molecule has 2 unspecified atom stereocenters. The highest BCUT2D eigenvalue weighted by Crippen LogP contribution is 2.50. The quantitative estimate of drug-likeness (QED) is 0.601. The van der Waals surface area contributed by atoms with E-state index in [0.717, 1.165) is 0 Å². The minimum absolute atomic E-state index is 0.571. The van der Waals surface area contributed by atoms with E-state index in [1.54, 1.807) is 41.9 Å². The van der Waals surface area contributed by atoms with Crippen LogP contribution >= 0.6 is 0 Å². The summed E-state index contributed by atoms with van der Waals surface area (Å²) in [5.41, 5.74) is 0. The van der Waals surface area contributed by atoms with Crippen molar-refractivity contribution >= 4 is 0 Å². The second-order valence-electron chi connectivity index (χ2n) is 8.33. The van der Waals surface area contributed by atoms with Crippen LogP contribution in [0.1, 0.15) is 27.7 Å². The van der Waals surface area contributed by atoms with E-state index in [1.807, 2.05) is 0 Å². The summed E-state index contributed by atoms with van der Waals surface area (Å²) in [6.45, 7) is 7.03. The van der Waals surface area contributed by atoms with Crippen LogP contribution in [-0.4, -0.2) is 102 Å². The third-order valence-corrected chi connectivity index (χ3v) is 7.14. The number of ether oxygens (including phenoxy) is 10. The lowest BCUT2D eigenvalue weighted by molar-refractivity contribution is -0.504. The first-order valence-electron chi connectivity index (χ1n) is 10.00. The Balaban J connectivity index is 2.05. The summed E-state index contributed by atoms with van der Waals surface area (Å²) in [5, 5.41) is 0. The molecular weight excluding hydrogens is 400 g/mol. The second-order valence-corrected chi connectivity index (χ2v) is 8.33. The Morgan fingerprint density at radius 1 is 0.433 bits per heavy atom. The molecule has 1 aliphatic carbocycles. The molecule has 2 saturated heterocycles. The molecule has 0 aromatic heterocycles. The zero-order chi connectivity index (χ0) is 22.5. The zero-order valence-corrected chi connectivity index (χ0v) is 19.5. The maximum absolute atomic E-state index is 6.41. The maximum Gasteiger partial charge on any atom is 0.220 e. The lowest BCUT2D eigenvalue weighted by atomic mass is 9.81. The predicted molar refractivity (Wildman–Crippen MR) is 103 cm³/mol. The first-order chi connectivity index (χ1) is 14.0. The van der Waals surface area contributed by atoms with E-state index < -0.39 is 59.8 Å². The molecule has 0 aromatic carbocycles. The normalized spacial score (nSPS) is 53.8. The monoisotopic (exact) mass is 436 g/mol. The van der Waals surface area contributed by atoms with Crippen LogP contribution in [0.2, 0.25) is 0 Å². The molecule has 0 bridgehead atoms. The fourth-order valence-corrected chi connectivity index (χ4v) is 4.60. The van der Waals surface area contributed by atoms with Crippen LogP contribution in [0.3, 0.4) is 0 Å². The van der Waals surface area contributed by atoms with Crippen molar-refractivity contribution in [3.63, 3.8) is 0 Å². The fraction of sp³-hybridized carbons (Fsp3) is 1.00. The molecule has 3 rings (SSSR count). The van der Waals surface area contributed by atoms with Gasteiger partial charge in [0.15, 0.2) is 0 Å². The minimum atomic E-state index is -1.20. The van der Waals surface area contributed by atoms with Gasteiger partial charge in [0.2, 0.25) is 23.1 Å². The molecule has 30 heavy (non-hydrogen) atoms. The van der Waals surface area contributed by atoms with Crippen LogP contribution in [0.15, 0.2) is 0 Å². The highest BCUT2D eigenvalue weighted by atomic mass is 16.8. The molecule has 3 fully saturated rings. The van der Waals surface area contributed by atoms with E-state index in [9.17, 15) is 0 Å². The van der Waals surface area contributed by atoms with Gasteiger partial charge in [-0.3, -0.25) is 0 Å². The first kappa shape index (κ1) is 24.2. The van der Waals surface area contributed by atoms with E-state index in [-0.39, 0.29) is 0 Å². The topological polar surface area (TPSA) is 92.3 Å². The Kier molecular flexibility index (Phi) is 6.61. The average molecular weight is 436 g/mol. The molecule has 3 aliphatic rings. The summed E-state index contributed by atoms with van der Waals surface area (Å²) in [5.74, 6) is -4.81. The van der Waals surface area contributed by atoms with Gasteiger partial charge in [0.25, 0.3) is 0 Å². The van der Waals surface area contributed by atoms with Gasteiger partial charge in [-0.05, 0) is 27.7 Å². The second kappa shape index (κ2) is 8.18. The van der Waals surface area contributed by atoms with Gasteiger partial charge in [-0.2, -0.15) is 0 Å². The van der Waals surface area contributed by atoms with Crippen molar-refractivity contribution in [2.75, 3.05) is 42.7 Å². The van der Waals surface area contributed by atoms with Crippen LogP contribution < -0.4 is 0 Å². The highest BCUT2D eigenvalue weighted by molar-refractivity contribution is 5.10. The average Bonchev–Trinajstić information content (AvgIpc) is 2.74. The summed E-state index contributed by atoms with van der Waals surface area (Å²) in [6.07, 6.45) is -3.51. The highest BCUT2D eigenvalue weighted by Gasteiger charge is 2.69. The molecule has 10 heteroatoms. The number of hydrogen-bond acceptors (Lipinski definition) is 10. The van der Waals surface area contributed by atoms with Gasteiger partial charge in [-0.1, -0.05) is 0 Å². The number of fused-ring (bicyclic) bond motifs is 2. The van der Waals surface area contributed by atoms with Crippen LogP contribution in [-0.2, 0) is 47.4 Å². The molecule has 0 amide bonds. The molecule has 2 heterocycles. The molecule has 0 N–H and O–H groups in total. The van der Waals surface area contributed by atoms with Crippen molar-refractivity contribution in [3.8, 4) is 0 Å². The molecular formula is C20H36O10. The summed E-state index contributed by atoms with van der Waals surface area (Å²) >= 11 is 0. The van der Waals surface area contributed by atoms with Crippen molar-refractivity contribution < 1.29 is 47.4 Å². The van der Waals surface area contributed by atoms with E-state index in [2.05, 4.69) is 0 Å². The van der Waals surface area contributed by atoms with Crippen LogP contribution in [0.4, 0.5) is 0 Å². The lowest BCUT2D eigenvalue weighted by Gasteiger charge is -2.62. The Morgan fingerprint density at radius 2 is 0.633 bits per heavy atom. The van der Waals surface area contributed by atoms with E-state index in [0.29, 0.717) is 0 Å². The maximum atomic E-state index is 6.41. The lowest BCUT2D eigenvalue weighted by Crippen LogP contribution is -2.79. The molecule has 10 atom stereocenters. The third-order valence-electron chi connectivity index (χ3n) is 7.14. The van der Waals surface area contributed by atoms with E-state index in [1.165, 1.54) is 28.4 Å². The standard InChI is InChI=1S/C20H36O10/c1-17(23-7)18(2,24-8)28-14-12(22-6)16-15(11(21-5)13(14)27-17)29-19(3,25-9)20(4,26-10)30-16/h11-16H,1-10H3/t11?,12?,13-,14-,15+,16+,17+,18+,19-,20-. The minimum Gasteiger partial charge on any atom is -0.376 e. The smallest absolute Gasteiger partial charge is 0.220 e. The first-order valence-corrected chi connectivity index (χ1v) is 10.00. The van der Waals surface area contributed by atoms with Crippen LogP contribution in [0.5, 0.6) is 0 Å². The van der Waals surface area contributed by atoms with Gasteiger partial charge in [0.1, 0.15) is 36.6 Å². The largest absolute Gasteiger partial charge is 0.376 e. The van der Waals surface area contributed by atoms with Crippen molar-refractivity contribution in [3.05, 3.63) is 0 Å². The van der Waals surface area contributed by atoms with Crippen molar-refractivity contribution in [1.29, 1.82) is 0 Å². The number of rotatable bonds is 6. The molecule has 10 nitrogen and oxygen atoms in total.